The lowest BCUT2D eigenvalue weighted by atomic mass is 10.1. The molecule has 0 saturated heterocycles. The second-order valence-electron chi connectivity index (χ2n) is 4.60. The number of unbranched alkanes of at least 4 members (excludes halogenated alkanes) is 1. The minimum Gasteiger partial charge on any atom is -0.480 e. The topological polar surface area (TPSA) is 66.4 Å². The lowest BCUT2D eigenvalue weighted by Gasteiger charge is -2.14. The van der Waals surface area contributed by atoms with Crippen LogP contribution in [-0.4, -0.2) is 35.0 Å². The highest BCUT2D eigenvalue weighted by molar-refractivity contribution is 7.98. The average Bonchev–Trinajstić information content (AvgIpc) is 2.44. The molecule has 0 spiro atoms. The Labute approximate surface area is 124 Å². The van der Waals surface area contributed by atoms with E-state index in [2.05, 4.69) is 5.32 Å². The van der Waals surface area contributed by atoms with Crippen molar-refractivity contribution >= 4 is 23.6 Å². The number of hydrogen-bond donors (Lipinski definition) is 2. The molecular formula is C15H21NO3S. The molecule has 0 heterocycles. The summed E-state index contributed by atoms with van der Waals surface area (Å²) < 4.78 is 0. The fraction of sp³-hybridized carbons (Fsp3) is 0.467. The predicted octanol–water partition coefficient (Wildman–Crippen LogP) is 2.33. The maximum Gasteiger partial charge on any atom is 0.326 e. The Morgan fingerprint density at radius 3 is 2.55 bits per heavy atom. The minimum absolute atomic E-state index is 0.186. The van der Waals surface area contributed by atoms with Gasteiger partial charge in [-0.1, -0.05) is 30.3 Å². The van der Waals surface area contributed by atoms with Gasteiger partial charge in [-0.15, -0.1) is 0 Å². The molecule has 0 aliphatic heterocycles. The number of hydrogen-bond acceptors (Lipinski definition) is 3. The molecule has 1 rings (SSSR count). The quantitative estimate of drug-likeness (QED) is 0.686. The molecule has 110 valence electrons. The van der Waals surface area contributed by atoms with Gasteiger partial charge in [-0.2, -0.15) is 11.8 Å². The molecule has 0 aliphatic carbocycles. The van der Waals surface area contributed by atoms with E-state index in [9.17, 15) is 14.7 Å². The first-order valence-corrected chi connectivity index (χ1v) is 8.08. The van der Waals surface area contributed by atoms with Crippen molar-refractivity contribution in [1.29, 1.82) is 0 Å². The smallest absolute Gasteiger partial charge is 0.326 e. The van der Waals surface area contributed by atoms with Crippen LogP contribution in [0.5, 0.6) is 0 Å². The van der Waals surface area contributed by atoms with Crippen LogP contribution < -0.4 is 5.32 Å². The molecule has 4 nitrogen and oxygen atoms in total. The van der Waals surface area contributed by atoms with Crippen LogP contribution in [-0.2, 0) is 16.0 Å². The Morgan fingerprint density at radius 1 is 1.25 bits per heavy atom. The van der Waals surface area contributed by atoms with Crippen LogP contribution in [0.1, 0.15) is 24.8 Å². The van der Waals surface area contributed by atoms with Gasteiger partial charge in [0.1, 0.15) is 6.04 Å². The van der Waals surface area contributed by atoms with Crippen LogP contribution in [0.25, 0.3) is 0 Å². The van der Waals surface area contributed by atoms with E-state index in [1.807, 2.05) is 36.6 Å². The Bertz CT molecular complexity index is 422. The molecule has 0 radical (unpaired) electrons. The van der Waals surface area contributed by atoms with Gasteiger partial charge in [0, 0.05) is 12.8 Å². The van der Waals surface area contributed by atoms with E-state index in [1.165, 1.54) is 0 Å². The zero-order valence-corrected chi connectivity index (χ0v) is 12.5. The van der Waals surface area contributed by atoms with Crippen molar-refractivity contribution in [3.63, 3.8) is 0 Å². The fourth-order valence-corrected chi connectivity index (χ4v) is 2.34. The number of carboxylic acid groups (broad SMARTS) is 1. The summed E-state index contributed by atoms with van der Waals surface area (Å²) in [5.41, 5.74) is 0.905. The highest BCUT2D eigenvalue weighted by atomic mass is 32.2. The van der Waals surface area contributed by atoms with E-state index in [0.717, 1.165) is 24.2 Å². The second-order valence-corrected chi connectivity index (χ2v) is 5.58. The maximum atomic E-state index is 11.7. The van der Waals surface area contributed by atoms with Gasteiger partial charge >= 0.3 is 5.97 Å². The molecule has 1 amide bonds. The minimum atomic E-state index is -0.994. The monoisotopic (exact) mass is 295 g/mol. The molecular weight excluding hydrogens is 274 g/mol. The number of thioether (sulfide) groups is 1. The SMILES string of the molecule is CSCCCCC(=O)N[C@H](Cc1ccccc1)C(=O)O. The van der Waals surface area contributed by atoms with Crippen LogP contribution in [0.3, 0.4) is 0 Å². The first kappa shape index (κ1) is 16.6. The molecule has 0 saturated carbocycles. The first-order chi connectivity index (χ1) is 9.63. The van der Waals surface area contributed by atoms with Crippen molar-refractivity contribution < 1.29 is 14.7 Å². The van der Waals surface area contributed by atoms with Crippen molar-refractivity contribution in [2.75, 3.05) is 12.0 Å². The van der Waals surface area contributed by atoms with Crippen LogP contribution in [0.2, 0.25) is 0 Å². The fourth-order valence-electron chi connectivity index (χ4n) is 1.85. The maximum absolute atomic E-state index is 11.7. The molecule has 0 unspecified atom stereocenters. The molecule has 0 aromatic heterocycles. The number of carbonyl (C=O) groups excluding carboxylic acids is 1. The Morgan fingerprint density at radius 2 is 1.95 bits per heavy atom. The molecule has 20 heavy (non-hydrogen) atoms. The van der Waals surface area contributed by atoms with Gasteiger partial charge in [-0.25, -0.2) is 4.79 Å². The van der Waals surface area contributed by atoms with Crippen LogP contribution in [0.4, 0.5) is 0 Å². The standard InChI is InChI=1S/C15H21NO3S/c1-20-10-6-5-9-14(17)16-13(15(18)19)11-12-7-3-2-4-8-12/h2-4,7-8,13H,5-6,9-11H2,1H3,(H,16,17)(H,18,19)/t13-/m1/s1. The Kier molecular flexibility index (Phi) is 7.80. The number of carboxylic acids is 1. The van der Waals surface area contributed by atoms with Gasteiger partial charge in [0.05, 0.1) is 0 Å². The molecule has 0 aliphatic rings. The zero-order chi connectivity index (χ0) is 14.8. The number of aliphatic carboxylic acids is 1. The van der Waals surface area contributed by atoms with Crippen molar-refractivity contribution in [3.05, 3.63) is 35.9 Å². The summed E-state index contributed by atoms with van der Waals surface area (Å²) in [7, 11) is 0. The van der Waals surface area contributed by atoms with Gasteiger partial charge in [0.2, 0.25) is 5.91 Å². The summed E-state index contributed by atoms with van der Waals surface area (Å²) in [5, 5.41) is 11.8. The van der Waals surface area contributed by atoms with Crippen LogP contribution in [0, 0.1) is 0 Å². The molecule has 1 aromatic carbocycles. The third-order valence-corrected chi connectivity index (χ3v) is 3.62. The van der Waals surface area contributed by atoms with Gasteiger partial charge in [-0.3, -0.25) is 4.79 Å². The highest BCUT2D eigenvalue weighted by Gasteiger charge is 2.19. The number of benzene rings is 1. The molecule has 0 fully saturated rings. The summed E-state index contributed by atoms with van der Waals surface area (Å²) in [5.74, 6) is -0.152. The molecule has 2 N–H and O–H groups in total. The number of amides is 1. The third-order valence-electron chi connectivity index (χ3n) is 2.92. The normalized spacial score (nSPS) is 11.8. The zero-order valence-electron chi connectivity index (χ0n) is 11.7. The number of nitrogens with one attached hydrogen (secondary N) is 1. The lowest BCUT2D eigenvalue weighted by molar-refractivity contribution is -0.141. The second kappa shape index (κ2) is 9.42. The van der Waals surface area contributed by atoms with E-state index >= 15 is 0 Å². The van der Waals surface area contributed by atoms with E-state index in [4.69, 9.17) is 0 Å². The van der Waals surface area contributed by atoms with E-state index in [1.54, 1.807) is 11.8 Å². The highest BCUT2D eigenvalue weighted by Crippen LogP contribution is 2.05. The van der Waals surface area contributed by atoms with Gasteiger partial charge in [0.15, 0.2) is 0 Å². The predicted molar refractivity (Wildman–Crippen MR) is 81.9 cm³/mol. The van der Waals surface area contributed by atoms with E-state index in [0.29, 0.717) is 12.8 Å². The molecule has 5 heteroatoms. The summed E-state index contributed by atoms with van der Waals surface area (Å²) in [4.78, 5) is 22.9. The summed E-state index contributed by atoms with van der Waals surface area (Å²) in [6, 6.07) is 8.47. The lowest BCUT2D eigenvalue weighted by Crippen LogP contribution is -2.42. The van der Waals surface area contributed by atoms with Crippen LogP contribution >= 0.6 is 11.8 Å². The molecule has 0 bridgehead atoms. The summed E-state index contributed by atoms with van der Waals surface area (Å²) in [6.07, 6.45) is 4.50. The first-order valence-electron chi connectivity index (χ1n) is 6.68. The Hall–Kier alpha value is -1.49. The van der Waals surface area contributed by atoms with Crippen molar-refractivity contribution in [2.24, 2.45) is 0 Å². The average molecular weight is 295 g/mol. The number of rotatable bonds is 9. The third kappa shape index (κ3) is 6.61. The molecule has 1 atom stereocenters. The van der Waals surface area contributed by atoms with Crippen molar-refractivity contribution in [1.82, 2.24) is 5.32 Å². The number of carbonyl (C=O) groups is 2. The Balaban J connectivity index is 2.43. The van der Waals surface area contributed by atoms with Gasteiger partial charge in [-0.05, 0) is 30.4 Å². The van der Waals surface area contributed by atoms with Crippen molar-refractivity contribution in [3.8, 4) is 0 Å². The van der Waals surface area contributed by atoms with Crippen molar-refractivity contribution in [2.45, 2.75) is 31.7 Å². The van der Waals surface area contributed by atoms with E-state index < -0.39 is 12.0 Å². The molecule has 1 aromatic rings. The van der Waals surface area contributed by atoms with Gasteiger partial charge in [0.25, 0.3) is 0 Å². The summed E-state index contributed by atoms with van der Waals surface area (Å²) >= 11 is 1.75. The summed E-state index contributed by atoms with van der Waals surface area (Å²) in [6.45, 7) is 0. The van der Waals surface area contributed by atoms with E-state index in [-0.39, 0.29) is 5.91 Å². The van der Waals surface area contributed by atoms with Gasteiger partial charge < -0.3 is 10.4 Å². The largest absolute Gasteiger partial charge is 0.480 e. The van der Waals surface area contributed by atoms with Crippen LogP contribution in [0.15, 0.2) is 30.3 Å².